The molecule has 0 saturated carbocycles. The Balaban J connectivity index is 1.51. The summed E-state index contributed by atoms with van der Waals surface area (Å²) in [6.45, 7) is 5.76. The molecular formula is C30H28ClNO5. The number of esters is 2. The van der Waals surface area contributed by atoms with Crippen LogP contribution in [0.4, 0.5) is 0 Å². The molecule has 190 valence electrons. The minimum atomic E-state index is -0.486. The molecule has 0 fully saturated rings. The third-order valence-corrected chi connectivity index (χ3v) is 6.37. The highest BCUT2D eigenvalue weighted by atomic mass is 35.5. The number of rotatable bonds is 9. The second-order valence-electron chi connectivity index (χ2n) is 8.67. The Morgan fingerprint density at radius 1 is 0.919 bits per heavy atom. The number of hydrogen-bond donors (Lipinski definition) is 0. The zero-order chi connectivity index (χ0) is 26.4. The van der Waals surface area contributed by atoms with Crippen molar-refractivity contribution in [1.29, 1.82) is 0 Å². The van der Waals surface area contributed by atoms with Crippen LogP contribution in [0.3, 0.4) is 0 Å². The van der Waals surface area contributed by atoms with E-state index in [1.165, 1.54) is 0 Å². The van der Waals surface area contributed by atoms with Gasteiger partial charge in [0, 0.05) is 21.7 Å². The van der Waals surface area contributed by atoms with Crippen LogP contribution in [0.15, 0.2) is 77.3 Å². The first-order valence-corrected chi connectivity index (χ1v) is 12.5. The Labute approximate surface area is 221 Å². The number of nitrogens with zero attached hydrogens (tertiary/aromatic N) is 1. The molecule has 7 heteroatoms. The van der Waals surface area contributed by atoms with Gasteiger partial charge in [-0.1, -0.05) is 77.4 Å². The maximum Gasteiger partial charge on any atom is 0.311 e. The topological polar surface area (TPSA) is 78.6 Å². The molecule has 0 amide bonds. The van der Waals surface area contributed by atoms with E-state index in [1.54, 1.807) is 26.8 Å². The molecule has 0 radical (unpaired) electrons. The van der Waals surface area contributed by atoms with Gasteiger partial charge in [0.2, 0.25) is 0 Å². The van der Waals surface area contributed by atoms with E-state index in [0.717, 1.165) is 27.8 Å². The number of hydrogen-bond acceptors (Lipinski definition) is 6. The van der Waals surface area contributed by atoms with Gasteiger partial charge in [-0.2, -0.15) is 0 Å². The van der Waals surface area contributed by atoms with E-state index < -0.39 is 12.1 Å². The average Bonchev–Trinajstić information content (AvgIpc) is 3.24. The van der Waals surface area contributed by atoms with Crippen LogP contribution in [0.25, 0.3) is 22.5 Å². The fourth-order valence-corrected chi connectivity index (χ4v) is 4.40. The summed E-state index contributed by atoms with van der Waals surface area (Å²) in [5.74, 6) is -0.112. The van der Waals surface area contributed by atoms with E-state index in [9.17, 15) is 9.59 Å². The third kappa shape index (κ3) is 6.46. The lowest BCUT2D eigenvalue weighted by molar-refractivity contribution is -0.147. The summed E-state index contributed by atoms with van der Waals surface area (Å²) in [5, 5.41) is 4.66. The summed E-state index contributed by atoms with van der Waals surface area (Å²) >= 11 is 6.25. The number of carbonyl (C=O) groups is 2. The van der Waals surface area contributed by atoms with Crippen LogP contribution in [-0.2, 0) is 31.9 Å². The number of ether oxygens (including phenoxy) is 2. The zero-order valence-corrected chi connectivity index (χ0v) is 21.7. The standard InChI is InChI=1S/C30H28ClNO5/c1-4-35-28(33)16-21-12-14-22(15-13-21)23-8-7-9-24(17-23)30-26(19(2)32-37-30)18-29(34)36-20(3)25-10-5-6-11-27(25)31/h5-15,17,20H,4,16,18H2,1-3H3. The normalized spacial score (nSPS) is 11.7. The van der Waals surface area contributed by atoms with Gasteiger partial charge >= 0.3 is 11.9 Å². The van der Waals surface area contributed by atoms with Crippen LogP contribution in [0, 0.1) is 6.92 Å². The van der Waals surface area contributed by atoms with E-state index in [2.05, 4.69) is 5.16 Å². The van der Waals surface area contributed by atoms with Crippen molar-refractivity contribution in [3.63, 3.8) is 0 Å². The number of carbonyl (C=O) groups excluding carboxylic acids is 2. The molecule has 1 aromatic heterocycles. The smallest absolute Gasteiger partial charge is 0.311 e. The van der Waals surface area contributed by atoms with Gasteiger partial charge in [0.15, 0.2) is 5.76 Å². The SMILES string of the molecule is CCOC(=O)Cc1ccc(-c2cccc(-c3onc(C)c3CC(=O)OC(C)c3ccccc3Cl)c2)cc1. The molecule has 4 rings (SSSR count). The van der Waals surface area contributed by atoms with Crippen molar-refractivity contribution in [3.8, 4) is 22.5 Å². The lowest BCUT2D eigenvalue weighted by Crippen LogP contribution is -2.12. The zero-order valence-electron chi connectivity index (χ0n) is 21.0. The van der Waals surface area contributed by atoms with Crippen molar-refractivity contribution < 1.29 is 23.6 Å². The monoisotopic (exact) mass is 517 g/mol. The summed E-state index contributed by atoms with van der Waals surface area (Å²) in [7, 11) is 0. The van der Waals surface area contributed by atoms with Gasteiger partial charge in [-0.15, -0.1) is 0 Å². The second-order valence-corrected chi connectivity index (χ2v) is 9.07. The van der Waals surface area contributed by atoms with Gasteiger partial charge in [0.05, 0.1) is 25.1 Å². The predicted molar refractivity (Wildman–Crippen MR) is 142 cm³/mol. The van der Waals surface area contributed by atoms with E-state index in [-0.39, 0.29) is 18.8 Å². The highest BCUT2D eigenvalue weighted by molar-refractivity contribution is 6.31. The maximum absolute atomic E-state index is 12.8. The van der Waals surface area contributed by atoms with Gasteiger partial charge < -0.3 is 14.0 Å². The predicted octanol–water partition coefficient (Wildman–Crippen LogP) is 6.92. The summed E-state index contributed by atoms with van der Waals surface area (Å²) in [6.07, 6.45) is -0.230. The minimum Gasteiger partial charge on any atom is -0.466 e. The van der Waals surface area contributed by atoms with E-state index in [4.69, 9.17) is 25.6 Å². The van der Waals surface area contributed by atoms with Crippen molar-refractivity contribution in [2.75, 3.05) is 6.61 Å². The van der Waals surface area contributed by atoms with E-state index >= 15 is 0 Å². The first-order valence-electron chi connectivity index (χ1n) is 12.1. The molecule has 0 aliphatic carbocycles. The molecule has 0 spiro atoms. The van der Waals surface area contributed by atoms with Crippen molar-refractivity contribution >= 4 is 23.5 Å². The lowest BCUT2D eigenvalue weighted by atomic mass is 9.98. The average molecular weight is 518 g/mol. The fraction of sp³-hybridized carbons (Fsp3) is 0.233. The van der Waals surface area contributed by atoms with Crippen molar-refractivity contribution in [1.82, 2.24) is 5.16 Å². The van der Waals surface area contributed by atoms with Crippen molar-refractivity contribution in [2.24, 2.45) is 0 Å². The first kappa shape index (κ1) is 26.2. The summed E-state index contributed by atoms with van der Waals surface area (Å²) in [5.41, 5.74) is 5.70. The lowest BCUT2D eigenvalue weighted by Gasteiger charge is -2.15. The quantitative estimate of drug-likeness (QED) is 0.224. The van der Waals surface area contributed by atoms with Crippen LogP contribution < -0.4 is 0 Å². The Bertz CT molecular complexity index is 1390. The van der Waals surface area contributed by atoms with Gasteiger partial charge in [-0.3, -0.25) is 9.59 Å². The molecule has 6 nitrogen and oxygen atoms in total. The summed E-state index contributed by atoms with van der Waals surface area (Å²) in [4.78, 5) is 24.6. The van der Waals surface area contributed by atoms with Crippen molar-refractivity contribution in [2.45, 2.75) is 39.7 Å². The number of halogens is 1. The third-order valence-electron chi connectivity index (χ3n) is 6.02. The second kappa shape index (κ2) is 11.9. The molecule has 0 aliphatic heterocycles. The van der Waals surface area contributed by atoms with E-state index in [1.807, 2.05) is 66.7 Å². The highest BCUT2D eigenvalue weighted by Crippen LogP contribution is 2.32. The van der Waals surface area contributed by atoms with Crippen LogP contribution in [0.2, 0.25) is 5.02 Å². The Morgan fingerprint density at radius 2 is 1.65 bits per heavy atom. The maximum atomic E-state index is 12.8. The number of aromatic nitrogens is 1. The Hall–Kier alpha value is -3.90. The summed E-state index contributed by atoms with van der Waals surface area (Å²) < 4.78 is 16.3. The molecule has 0 aliphatic rings. The van der Waals surface area contributed by atoms with Gasteiger partial charge in [0.1, 0.15) is 6.10 Å². The van der Waals surface area contributed by atoms with Crippen LogP contribution >= 0.6 is 11.6 Å². The fourth-order valence-electron chi connectivity index (χ4n) is 4.11. The molecule has 0 N–H and O–H groups in total. The molecule has 1 unspecified atom stereocenters. The number of benzene rings is 3. The van der Waals surface area contributed by atoms with Crippen LogP contribution in [0.1, 0.15) is 42.3 Å². The van der Waals surface area contributed by atoms with Gasteiger partial charge in [0.25, 0.3) is 0 Å². The largest absolute Gasteiger partial charge is 0.466 e. The molecule has 1 atom stereocenters. The van der Waals surface area contributed by atoms with Crippen LogP contribution in [-0.4, -0.2) is 23.7 Å². The Kier molecular flexibility index (Phi) is 8.41. The van der Waals surface area contributed by atoms with Gasteiger partial charge in [-0.05, 0) is 49.6 Å². The molecule has 3 aromatic carbocycles. The van der Waals surface area contributed by atoms with Crippen LogP contribution in [0.5, 0.6) is 0 Å². The number of aryl methyl sites for hydroxylation is 1. The summed E-state index contributed by atoms with van der Waals surface area (Å²) in [6, 6.07) is 22.9. The molecular weight excluding hydrogens is 490 g/mol. The first-order chi connectivity index (χ1) is 17.9. The van der Waals surface area contributed by atoms with E-state index in [0.29, 0.717) is 28.6 Å². The molecule has 1 heterocycles. The highest BCUT2D eigenvalue weighted by Gasteiger charge is 2.21. The minimum absolute atomic E-state index is 0.0201. The molecule has 37 heavy (non-hydrogen) atoms. The van der Waals surface area contributed by atoms with Crippen molar-refractivity contribution in [3.05, 3.63) is 100 Å². The molecule has 4 aromatic rings. The molecule has 0 saturated heterocycles. The molecule has 0 bridgehead atoms. The Morgan fingerprint density at radius 3 is 2.38 bits per heavy atom. The van der Waals surface area contributed by atoms with Gasteiger partial charge in [-0.25, -0.2) is 0 Å².